The maximum absolute atomic E-state index is 4.82. The third-order valence-corrected chi connectivity index (χ3v) is 5.34. The quantitative estimate of drug-likeness (QED) is 0.929. The van der Waals surface area contributed by atoms with E-state index in [4.69, 9.17) is 4.98 Å². The summed E-state index contributed by atoms with van der Waals surface area (Å²) in [6, 6.07) is 2.83. The van der Waals surface area contributed by atoms with E-state index in [-0.39, 0.29) is 0 Å². The number of hydrogen-bond acceptors (Lipinski definition) is 5. The zero-order valence-electron chi connectivity index (χ0n) is 13.3. The van der Waals surface area contributed by atoms with Gasteiger partial charge in [0.15, 0.2) is 0 Å². The summed E-state index contributed by atoms with van der Waals surface area (Å²) in [6.07, 6.45) is 2.30. The number of thiophene rings is 1. The van der Waals surface area contributed by atoms with E-state index in [1.807, 2.05) is 0 Å². The van der Waals surface area contributed by atoms with Crippen molar-refractivity contribution in [1.82, 2.24) is 9.97 Å². The Labute approximate surface area is 130 Å². The highest BCUT2D eigenvalue weighted by Gasteiger charge is 2.29. The lowest BCUT2D eigenvalue weighted by molar-refractivity contribution is 0.625. The summed E-state index contributed by atoms with van der Waals surface area (Å²) in [7, 11) is 0. The molecule has 0 amide bonds. The van der Waals surface area contributed by atoms with Gasteiger partial charge in [0, 0.05) is 24.0 Å². The Morgan fingerprint density at radius 3 is 2.76 bits per heavy atom. The van der Waals surface area contributed by atoms with E-state index < -0.39 is 0 Å². The average Bonchev–Trinajstić information content (AvgIpc) is 3.01. The van der Waals surface area contributed by atoms with Gasteiger partial charge >= 0.3 is 0 Å². The molecule has 0 radical (unpaired) electrons. The van der Waals surface area contributed by atoms with Crippen LogP contribution in [-0.4, -0.2) is 29.1 Å². The van der Waals surface area contributed by atoms with E-state index in [1.165, 1.54) is 16.7 Å². The van der Waals surface area contributed by atoms with Crippen LogP contribution in [0.1, 0.15) is 39.0 Å². The van der Waals surface area contributed by atoms with E-state index in [1.54, 1.807) is 11.3 Å². The molecule has 5 heteroatoms. The lowest BCUT2D eigenvalue weighted by Crippen LogP contribution is -2.28. The number of hydrogen-bond donors (Lipinski definition) is 1. The van der Waals surface area contributed by atoms with E-state index in [2.05, 4.69) is 49.0 Å². The SMILES string of the molecule is CCNc1nc(N2CC(C)CC2C)c2cc(CC)sc2n1. The first-order chi connectivity index (χ1) is 10.1. The Morgan fingerprint density at radius 1 is 1.33 bits per heavy atom. The van der Waals surface area contributed by atoms with E-state index in [0.29, 0.717) is 6.04 Å². The molecule has 2 aromatic rings. The summed E-state index contributed by atoms with van der Waals surface area (Å²) in [6.45, 7) is 10.9. The topological polar surface area (TPSA) is 41.1 Å². The molecule has 0 saturated carbocycles. The molecule has 1 aliphatic rings. The van der Waals surface area contributed by atoms with Gasteiger partial charge in [0.2, 0.25) is 5.95 Å². The molecule has 1 aliphatic heterocycles. The van der Waals surface area contributed by atoms with Gasteiger partial charge in [-0.25, -0.2) is 4.98 Å². The molecule has 3 heterocycles. The van der Waals surface area contributed by atoms with Gasteiger partial charge in [-0.05, 0) is 38.7 Å². The van der Waals surface area contributed by atoms with Gasteiger partial charge in [-0.3, -0.25) is 0 Å². The highest BCUT2D eigenvalue weighted by molar-refractivity contribution is 7.18. The first-order valence-electron chi connectivity index (χ1n) is 7.93. The maximum Gasteiger partial charge on any atom is 0.226 e. The van der Waals surface area contributed by atoms with Crippen molar-refractivity contribution in [3.63, 3.8) is 0 Å². The summed E-state index contributed by atoms with van der Waals surface area (Å²) < 4.78 is 0. The molecule has 2 atom stereocenters. The Kier molecular flexibility index (Phi) is 4.02. The lowest BCUT2D eigenvalue weighted by atomic mass is 10.1. The van der Waals surface area contributed by atoms with E-state index in [9.17, 15) is 0 Å². The van der Waals surface area contributed by atoms with E-state index >= 15 is 0 Å². The number of rotatable bonds is 4. The Balaban J connectivity index is 2.11. The Hall–Kier alpha value is -1.36. The van der Waals surface area contributed by atoms with Crippen molar-refractivity contribution in [1.29, 1.82) is 0 Å². The van der Waals surface area contributed by atoms with Crippen LogP contribution in [0.3, 0.4) is 0 Å². The predicted molar refractivity (Wildman–Crippen MR) is 91.5 cm³/mol. The monoisotopic (exact) mass is 304 g/mol. The number of nitrogens with one attached hydrogen (secondary N) is 1. The fraction of sp³-hybridized carbons (Fsp3) is 0.625. The van der Waals surface area contributed by atoms with Crippen molar-refractivity contribution in [3.8, 4) is 0 Å². The number of fused-ring (bicyclic) bond motifs is 1. The van der Waals surface area contributed by atoms with Gasteiger partial charge in [-0.15, -0.1) is 11.3 Å². The van der Waals surface area contributed by atoms with Crippen LogP contribution in [0.5, 0.6) is 0 Å². The number of anilines is 2. The zero-order chi connectivity index (χ0) is 15.0. The fourth-order valence-corrected chi connectivity index (χ4v) is 4.14. The number of nitrogens with zero attached hydrogens (tertiary/aromatic N) is 3. The average molecular weight is 304 g/mol. The minimum absolute atomic E-state index is 0.553. The van der Waals surface area contributed by atoms with Gasteiger partial charge in [-0.1, -0.05) is 13.8 Å². The summed E-state index contributed by atoms with van der Waals surface area (Å²) in [5.74, 6) is 2.61. The predicted octanol–water partition coefficient (Wildman–Crippen LogP) is 3.92. The molecule has 0 aromatic carbocycles. The van der Waals surface area contributed by atoms with Crippen LogP contribution in [0.15, 0.2) is 6.07 Å². The first-order valence-corrected chi connectivity index (χ1v) is 8.75. The van der Waals surface area contributed by atoms with Crippen LogP contribution >= 0.6 is 11.3 Å². The largest absolute Gasteiger partial charge is 0.354 e. The second-order valence-electron chi connectivity index (χ2n) is 6.03. The molecule has 2 aromatic heterocycles. The number of aryl methyl sites for hydroxylation is 1. The van der Waals surface area contributed by atoms with Gasteiger partial charge in [-0.2, -0.15) is 4.98 Å². The second-order valence-corrected chi connectivity index (χ2v) is 7.14. The standard InChI is InChI=1S/C16H24N4S/c1-5-12-8-13-14(20-9-10(3)7-11(20)4)18-16(17-6-2)19-15(13)21-12/h8,10-11H,5-7,9H2,1-4H3,(H,17,18,19). The van der Waals surface area contributed by atoms with Crippen molar-refractivity contribution in [2.24, 2.45) is 5.92 Å². The van der Waals surface area contributed by atoms with E-state index in [0.717, 1.165) is 42.0 Å². The van der Waals surface area contributed by atoms with Crippen molar-refractivity contribution in [2.75, 3.05) is 23.3 Å². The maximum atomic E-state index is 4.82. The lowest BCUT2D eigenvalue weighted by Gasteiger charge is -2.23. The van der Waals surface area contributed by atoms with Crippen molar-refractivity contribution in [3.05, 3.63) is 10.9 Å². The van der Waals surface area contributed by atoms with Gasteiger partial charge in [0.1, 0.15) is 10.6 Å². The van der Waals surface area contributed by atoms with Gasteiger partial charge in [0.05, 0.1) is 5.39 Å². The zero-order valence-corrected chi connectivity index (χ0v) is 14.1. The molecule has 21 heavy (non-hydrogen) atoms. The van der Waals surface area contributed by atoms with Gasteiger partial charge < -0.3 is 10.2 Å². The van der Waals surface area contributed by atoms with Gasteiger partial charge in [0.25, 0.3) is 0 Å². The minimum Gasteiger partial charge on any atom is -0.354 e. The third kappa shape index (κ3) is 2.71. The third-order valence-electron chi connectivity index (χ3n) is 4.16. The molecular weight excluding hydrogens is 280 g/mol. The molecule has 0 aliphatic carbocycles. The summed E-state index contributed by atoms with van der Waals surface area (Å²) in [4.78, 5) is 14.4. The molecule has 114 valence electrons. The molecule has 1 fully saturated rings. The fourth-order valence-electron chi connectivity index (χ4n) is 3.18. The first kappa shape index (κ1) is 14.6. The van der Waals surface area contributed by atoms with Crippen LogP contribution < -0.4 is 10.2 Å². The Bertz CT molecular complexity index is 636. The van der Waals surface area contributed by atoms with Crippen molar-refractivity contribution in [2.45, 2.75) is 46.6 Å². The molecule has 3 rings (SSSR count). The molecular formula is C16H24N4S. The van der Waals surface area contributed by atoms with Crippen LogP contribution in [0.2, 0.25) is 0 Å². The highest BCUT2D eigenvalue weighted by atomic mass is 32.1. The summed E-state index contributed by atoms with van der Waals surface area (Å²) in [5, 5.41) is 4.50. The van der Waals surface area contributed by atoms with Crippen LogP contribution in [0.4, 0.5) is 11.8 Å². The molecule has 2 unspecified atom stereocenters. The molecule has 1 saturated heterocycles. The van der Waals surface area contributed by atoms with Crippen molar-refractivity contribution < 1.29 is 0 Å². The van der Waals surface area contributed by atoms with Crippen LogP contribution in [0.25, 0.3) is 10.2 Å². The molecule has 4 nitrogen and oxygen atoms in total. The van der Waals surface area contributed by atoms with Crippen LogP contribution in [-0.2, 0) is 6.42 Å². The molecule has 1 N–H and O–H groups in total. The normalized spacial score (nSPS) is 22.2. The summed E-state index contributed by atoms with van der Waals surface area (Å²) >= 11 is 1.79. The smallest absolute Gasteiger partial charge is 0.226 e. The van der Waals surface area contributed by atoms with Crippen LogP contribution in [0, 0.1) is 5.92 Å². The Morgan fingerprint density at radius 2 is 2.14 bits per heavy atom. The molecule has 0 bridgehead atoms. The highest BCUT2D eigenvalue weighted by Crippen LogP contribution is 2.36. The second kappa shape index (κ2) is 5.79. The van der Waals surface area contributed by atoms with Crippen molar-refractivity contribution >= 4 is 33.3 Å². The molecule has 0 spiro atoms. The summed E-state index contributed by atoms with van der Waals surface area (Å²) in [5.41, 5.74) is 0. The minimum atomic E-state index is 0.553. The number of aromatic nitrogens is 2.